The van der Waals surface area contributed by atoms with Crippen LogP contribution in [0.4, 0.5) is 18.9 Å². The van der Waals surface area contributed by atoms with E-state index < -0.39 is 17.5 Å². The topological polar surface area (TPSA) is 32.3 Å². The molecular formula is C14H12F3NO. The van der Waals surface area contributed by atoms with Gasteiger partial charge in [0, 0.05) is 18.2 Å². The van der Waals surface area contributed by atoms with Gasteiger partial charge in [-0.05, 0) is 24.6 Å². The highest BCUT2D eigenvalue weighted by molar-refractivity contribution is 5.47. The summed E-state index contributed by atoms with van der Waals surface area (Å²) in [6, 6.07) is 7.28. The summed E-state index contributed by atoms with van der Waals surface area (Å²) in [5, 5.41) is 12.1. The lowest BCUT2D eigenvalue weighted by molar-refractivity contribution is 0.474. The van der Waals surface area contributed by atoms with Gasteiger partial charge in [-0.25, -0.2) is 13.2 Å². The summed E-state index contributed by atoms with van der Waals surface area (Å²) in [4.78, 5) is 0. The first kappa shape index (κ1) is 13.3. The molecule has 1 atom stereocenters. The molecule has 1 unspecified atom stereocenters. The fourth-order valence-corrected chi connectivity index (χ4v) is 1.74. The molecule has 0 amide bonds. The van der Waals surface area contributed by atoms with Crippen molar-refractivity contribution in [1.82, 2.24) is 0 Å². The van der Waals surface area contributed by atoms with Gasteiger partial charge >= 0.3 is 0 Å². The maximum atomic E-state index is 13.5. The Morgan fingerprint density at radius 2 is 1.68 bits per heavy atom. The molecule has 0 bridgehead atoms. The highest BCUT2D eigenvalue weighted by Gasteiger charge is 2.13. The van der Waals surface area contributed by atoms with Gasteiger partial charge in [-0.3, -0.25) is 0 Å². The molecule has 19 heavy (non-hydrogen) atoms. The number of benzene rings is 2. The van der Waals surface area contributed by atoms with E-state index in [0.717, 1.165) is 6.07 Å². The lowest BCUT2D eigenvalue weighted by Crippen LogP contribution is -2.08. The van der Waals surface area contributed by atoms with E-state index in [1.54, 1.807) is 19.1 Å². The number of phenolic OH excluding ortho intramolecular Hbond substituents is 1. The van der Waals surface area contributed by atoms with Crippen LogP contribution < -0.4 is 5.32 Å². The normalized spacial score (nSPS) is 12.2. The van der Waals surface area contributed by atoms with Crippen molar-refractivity contribution >= 4 is 5.69 Å². The fourth-order valence-electron chi connectivity index (χ4n) is 1.74. The van der Waals surface area contributed by atoms with Crippen LogP contribution in [0, 0.1) is 17.5 Å². The molecule has 0 saturated carbocycles. The Morgan fingerprint density at radius 3 is 2.37 bits per heavy atom. The Balaban J connectivity index is 2.24. The Hall–Kier alpha value is -2.17. The van der Waals surface area contributed by atoms with Crippen LogP contribution in [0.25, 0.3) is 0 Å². The summed E-state index contributed by atoms with van der Waals surface area (Å²) in [5.74, 6) is -3.14. The van der Waals surface area contributed by atoms with Gasteiger partial charge in [-0.2, -0.15) is 0 Å². The Labute approximate surface area is 108 Å². The summed E-state index contributed by atoms with van der Waals surface area (Å²) in [5.41, 5.74) is 0.568. The van der Waals surface area contributed by atoms with Crippen molar-refractivity contribution in [1.29, 1.82) is 0 Å². The highest BCUT2D eigenvalue weighted by Crippen LogP contribution is 2.25. The molecule has 0 aliphatic heterocycles. The van der Waals surface area contributed by atoms with E-state index in [1.165, 1.54) is 12.1 Å². The number of rotatable bonds is 3. The molecule has 0 fully saturated rings. The van der Waals surface area contributed by atoms with Crippen LogP contribution in [0.1, 0.15) is 18.5 Å². The van der Waals surface area contributed by atoms with Crippen LogP contribution in [-0.4, -0.2) is 5.11 Å². The van der Waals surface area contributed by atoms with Crippen LogP contribution in [0.5, 0.6) is 5.75 Å². The van der Waals surface area contributed by atoms with Crippen molar-refractivity contribution in [2.75, 3.05) is 5.32 Å². The molecule has 0 heterocycles. The van der Waals surface area contributed by atoms with Gasteiger partial charge in [-0.1, -0.05) is 12.1 Å². The minimum atomic E-state index is -1.23. The van der Waals surface area contributed by atoms with E-state index in [9.17, 15) is 18.3 Å². The van der Waals surface area contributed by atoms with E-state index in [1.807, 2.05) is 0 Å². The third-order valence-corrected chi connectivity index (χ3v) is 2.75. The average molecular weight is 267 g/mol. The van der Waals surface area contributed by atoms with Gasteiger partial charge in [0.05, 0.1) is 5.69 Å². The second-order valence-corrected chi connectivity index (χ2v) is 4.21. The van der Waals surface area contributed by atoms with Crippen molar-refractivity contribution in [2.24, 2.45) is 0 Å². The molecule has 2 nitrogen and oxygen atoms in total. The molecule has 0 spiro atoms. The van der Waals surface area contributed by atoms with Gasteiger partial charge in [0.25, 0.3) is 0 Å². The first-order chi connectivity index (χ1) is 8.97. The summed E-state index contributed by atoms with van der Waals surface area (Å²) in [6.45, 7) is 1.72. The maximum absolute atomic E-state index is 13.5. The number of phenols is 1. The minimum absolute atomic E-state index is 0.0805. The van der Waals surface area contributed by atoms with Gasteiger partial charge in [-0.15, -0.1) is 0 Å². The zero-order chi connectivity index (χ0) is 14.0. The summed E-state index contributed by atoms with van der Waals surface area (Å²) in [6.07, 6.45) is 0. The molecule has 2 rings (SSSR count). The monoisotopic (exact) mass is 267 g/mol. The quantitative estimate of drug-likeness (QED) is 0.824. The Morgan fingerprint density at radius 1 is 1.00 bits per heavy atom. The lowest BCUT2D eigenvalue weighted by Gasteiger charge is -2.16. The van der Waals surface area contributed by atoms with Crippen LogP contribution in [0.3, 0.4) is 0 Å². The molecule has 2 aromatic rings. The Kier molecular flexibility index (Phi) is 3.64. The molecule has 2 aromatic carbocycles. The smallest absolute Gasteiger partial charge is 0.161 e. The molecule has 0 aliphatic rings. The largest absolute Gasteiger partial charge is 0.508 e. The standard InChI is InChI=1S/C14H12F3NO/c1-8(9-3-2-4-10(19)5-9)18-14-7-12(16)11(15)6-13(14)17/h2-8,18-19H,1H3. The predicted molar refractivity (Wildman–Crippen MR) is 66.5 cm³/mol. The molecule has 5 heteroatoms. The number of hydrogen-bond donors (Lipinski definition) is 2. The van der Waals surface area contributed by atoms with Crippen LogP contribution in [0.15, 0.2) is 36.4 Å². The number of nitrogens with one attached hydrogen (secondary N) is 1. The van der Waals surface area contributed by atoms with E-state index in [-0.39, 0.29) is 17.5 Å². The average Bonchev–Trinajstić information content (AvgIpc) is 2.36. The van der Waals surface area contributed by atoms with Crippen molar-refractivity contribution in [3.8, 4) is 5.75 Å². The van der Waals surface area contributed by atoms with Gasteiger partial charge in [0.2, 0.25) is 0 Å². The van der Waals surface area contributed by atoms with E-state index in [0.29, 0.717) is 11.6 Å². The number of hydrogen-bond acceptors (Lipinski definition) is 2. The second kappa shape index (κ2) is 5.22. The van der Waals surface area contributed by atoms with Gasteiger partial charge in [0.1, 0.15) is 11.6 Å². The van der Waals surface area contributed by atoms with Gasteiger partial charge in [0.15, 0.2) is 11.6 Å². The number of halogens is 3. The van der Waals surface area contributed by atoms with Crippen molar-refractivity contribution in [3.05, 3.63) is 59.4 Å². The highest BCUT2D eigenvalue weighted by atomic mass is 19.2. The second-order valence-electron chi connectivity index (χ2n) is 4.21. The first-order valence-corrected chi connectivity index (χ1v) is 5.67. The number of anilines is 1. The van der Waals surface area contributed by atoms with Crippen molar-refractivity contribution < 1.29 is 18.3 Å². The molecule has 0 aromatic heterocycles. The van der Waals surface area contributed by atoms with Gasteiger partial charge < -0.3 is 10.4 Å². The first-order valence-electron chi connectivity index (χ1n) is 5.67. The van der Waals surface area contributed by atoms with Crippen molar-refractivity contribution in [3.63, 3.8) is 0 Å². The molecule has 2 N–H and O–H groups in total. The minimum Gasteiger partial charge on any atom is -0.508 e. The van der Waals surface area contributed by atoms with Crippen molar-refractivity contribution in [2.45, 2.75) is 13.0 Å². The zero-order valence-corrected chi connectivity index (χ0v) is 10.1. The molecule has 0 saturated heterocycles. The lowest BCUT2D eigenvalue weighted by atomic mass is 10.1. The molecule has 0 radical (unpaired) electrons. The SMILES string of the molecule is CC(Nc1cc(F)c(F)cc1F)c1cccc(O)c1. The van der Waals surface area contributed by atoms with Crippen LogP contribution >= 0.6 is 0 Å². The molecule has 100 valence electrons. The van der Waals surface area contributed by atoms with E-state index in [4.69, 9.17) is 0 Å². The fraction of sp³-hybridized carbons (Fsp3) is 0.143. The summed E-state index contributed by atoms with van der Waals surface area (Å²) in [7, 11) is 0. The van der Waals surface area contributed by atoms with Crippen LogP contribution in [-0.2, 0) is 0 Å². The van der Waals surface area contributed by atoms with Crippen LogP contribution in [0.2, 0.25) is 0 Å². The molecule has 0 aliphatic carbocycles. The maximum Gasteiger partial charge on any atom is 0.161 e. The number of aromatic hydroxyl groups is 1. The third kappa shape index (κ3) is 2.99. The predicted octanol–water partition coefficient (Wildman–Crippen LogP) is 3.98. The zero-order valence-electron chi connectivity index (χ0n) is 10.1. The summed E-state index contributed by atoms with van der Waals surface area (Å²) < 4.78 is 39.3. The molecular weight excluding hydrogens is 255 g/mol. The Bertz CT molecular complexity index is 601. The summed E-state index contributed by atoms with van der Waals surface area (Å²) >= 11 is 0. The van der Waals surface area contributed by atoms with E-state index in [2.05, 4.69) is 5.32 Å². The third-order valence-electron chi connectivity index (χ3n) is 2.75. The van der Waals surface area contributed by atoms with E-state index >= 15 is 0 Å².